The molecular formula is C13H22N2O3S. The molecule has 0 aliphatic rings. The fourth-order valence-corrected chi connectivity index (χ4v) is 2.81. The second kappa shape index (κ2) is 6.25. The molecule has 0 radical (unpaired) electrons. The number of nitrogen functional groups attached to an aromatic ring is 1. The van der Waals surface area contributed by atoms with Crippen molar-refractivity contribution in [1.29, 1.82) is 0 Å². The molecule has 19 heavy (non-hydrogen) atoms. The summed E-state index contributed by atoms with van der Waals surface area (Å²) in [4.78, 5) is 0. The van der Waals surface area contributed by atoms with Gasteiger partial charge in [-0.05, 0) is 51.0 Å². The van der Waals surface area contributed by atoms with Gasteiger partial charge >= 0.3 is 0 Å². The maximum atomic E-state index is 11.9. The van der Waals surface area contributed by atoms with E-state index in [0.29, 0.717) is 11.4 Å². The van der Waals surface area contributed by atoms with Crippen LogP contribution in [0.5, 0.6) is 0 Å². The van der Waals surface area contributed by atoms with Crippen LogP contribution in [0.1, 0.15) is 25.0 Å². The van der Waals surface area contributed by atoms with E-state index in [0.717, 1.165) is 11.1 Å². The van der Waals surface area contributed by atoms with Crippen molar-refractivity contribution in [2.45, 2.75) is 33.8 Å². The van der Waals surface area contributed by atoms with Gasteiger partial charge in [0, 0.05) is 5.69 Å². The number of nitrogens with one attached hydrogen (secondary N) is 1. The van der Waals surface area contributed by atoms with Gasteiger partial charge in [-0.15, -0.1) is 0 Å². The summed E-state index contributed by atoms with van der Waals surface area (Å²) in [7, 11) is -3.40. The van der Waals surface area contributed by atoms with Crippen LogP contribution in [0.15, 0.2) is 12.1 Å². The lowest BCUT2D eigenvalue weighted by Crippen LogP contribution is -2.22. The molecule has 108 valence electrons. The van der Waals surface area contributed by atoms with Crippen molar-refractivity contribution in [2.24, 2.45) is 0 Å². The van der Waals surface area contributed by atoms with Crippen LogP contribution in [-0.2, 0) is 14.8 Å². The lowest BCUT2D eigenvalue weighted by molar-refractivity contribution is 0.0913. The number of anilines is 2. The van der Waals surface area contributed by atoms with Crippen LogP contribution < -0.4 is 10.5 Å². The summed E-state index contributed by atoms with van der Waals surface area (Å²) >= 11 is 0. The smallest absolute Gasteiger partial charge is 0.235 e. The van der Waals surface area contributed by atoms with Crippen molar-refractivity contribution in [3.8, 4) is 0 Å². The summed E-state index contributed by atoms with van der Waals surface area (Å²) in [5, 5.41) is 0. The SMILES string of the molecule is Cc1cc(N)cc(C)c1NS(=O)(=O)CCOC(C)C. The molecule has 0 fully saturated rings. The van der Waals surface area contributed by atoms with Gasteiger partial charge in [-0.3, -0.25) is 4.72 Å². The highest BCUT2D eigenvalue weighted by Gasteiger charge is 2.14. The van der Waals surface area contributed by atoms with E-state index in [4.69, 9.17) is 10.5 Å². The molecule has 6 heteroatoms. The second-order valence-corrected chi connectivity index (χ2v) is 6.71. The summed E-state index contributed by atoms with van der Waals surface area (Å²) in [5.74, 6) is -0.0611. The number of aryl methyl sites for hydroxylation is 2. The van der Waals surface area contributed by atoms with Gasteiger partial charge in [0.25, 0.3) is 0 Å². The average Bonchev–Trinajstić information content (AvgIpc) is 2.22. The molecule has 0 heterocycles. The maximum absolute atomic E-state index is 11.9. The minimum Gasteiger partial charge on any atom is -0.399 e. The van der Waals surface area contributed by atoms with E-state index in [-0.39, 0.29) is 18.5 Å². The number of sulfonamides is 1. The lowest BCUT2D eigenvalue weighted by atomic mass is 10.1. The molecular weight excluding hydrogens is 264 g/mol. The van der Waals surface area contributed by atoms with Gasteiger partial charge in [-0.25, -0.2) is 8.42 Å². The van der Waals surface area contributed by atoms with Crippen LogP contribution in [0.3, 0.4) is 0 Å². The van der Waals surface area contributed by atoms with Gasteiger partial charge in [0.05, 0.1) is 24.2 Å². The first-order chi connectivity index (χ1) is 8.71. The predicted molar refractivity (Wildman–Crippen MR) is 78.8 cm³/mol. The molecule has 0 saturated carbocycles. The van der Waals surface area contributed by atoms with E-state index in [2.05, 4.69) is 4.72 Å². The zero-order valence-corrected chi connectivity index (χ0v) is 12.7. The Morgan fingerprint density at radius 1 is 1.26 bits per heavy atom. The van der Waals surface area contributed by atoms with Gasteiger partial charge in [-0.1, -0.05) is 0 Å². The molecule has 0 atom stereocenters. The molecule has 1 aromatic rings. The number of hydrogen-bond donors (Lipinski definition) is 2. The highest BCUT2D eigenvalue weighted by molar-refractivity contribution is 7.92. The number of benzene rings is 1. The molecule has 0 aliphatic carbocycles. The van der Waals surface area contributed by atoms with Gasteiger partial charge < -0.3 is 10.5 Å². The van der Waals surface area contributed by atoms with Crippen LogP contribution in [0.2, 0.25) is 0 Å². The van der Waals surface area contributed by atoms with Crippen molar-refractivity contribution in [2.75, 3.05) is 22.8 Å². The summed E-state index contributed by atoms with van der Waals surface area (Å²) in [5.41, 5.74) is 8.55. The minimum atomic E-state index is -3.40. The van der Waals surface area contributed by atoms with Crippen molar-refractivity contribution in [3.63, 3.8) is 0 Å². The molecule has 1 rings (SSSR count). The molecule has 0 spiro atoms. The Labute approximate surface area is 115 Å². The normalized spacial score (nSPS) is 11.8. The number of nitrogens with two attached hydrogens (primary N) is 1. The monoisotopic (exact) mass is 286 g/mol. The average molecular weight is 286 g/mol. The molecule has 0 amide bonds. The zero-order valence-electron chi connectivity index (χ0n) is 11.9. The number of hydrogen-bond acceptors (Lipinski definition) is 4. The third-order valence-electron chi connectivity index (χ3n) is 2.62. The number of ether oxygens (including phenoxy) is 1. The van der Waals surface area contributed by atoms with E-state index in [1.807, 2.05) is 27.7 Å². The quantitative estimate of drug-likeness (QED) is 0.784. The van der Waals surface area contributed by atoms with Gasteiger partial charge in [0.2, 0.25) is 10.0 Å². The Hall–Kier alpha value is -1.27. The Morgan fingerprint density at radius 2 is 1.79 bits per heavy atom. The van der Waals surface area contributed by atoms with Crippen LogP contribution in [0.25, 0.3) is 0 Å². The van der Waals surface area contributed by atoms with Gasteiger partial charge in [0.15, 0.2) is 0 Å². The van der Waals surface area contributed by atoms with Crippen molar-refractivity contribution in [1.82, 2.24) is 0 Å². The third kappa shape index (κ3) is 5.08. The Morgan fingerprint density at radius 3 is 2.26 bits per heavy atom. The first kappa shape index (κ1) is 15.8. The molecule has 0 aliphatic heterocycles. The first-order valence-corrected chi connectivity index (χ1v) is 7.85. The van der Waals surface area contributed by atoms with E-state index in [1.54, 1.807) is 12.1 Å². The second-order valence-electron chi connectivity index (χ2n) is 4.87. The van der Waals surface area contributed by atoms with Gasteiger partial charge in [0.1, 0.15) is 0 Å². The predicted octanol–water partition coefficient (Wildman–Crippen LogP) is 2.05. The van der Waals surface area contributed by atoms with Gasteiger partial charge in [-0.2, -0.15) is 0 Å². The topological polar surface area (TPSA) is 81.4 Å². The van der Waals surface area contributed by atoms with E-state index in [9.17, 15) is 8.42 Å². The Balaban J connectivity index is 2.79. The Bertz CT molecular complexity index is 516. The third-order valence-corrected chi connectivity index (χ3v) is 3.84. The van der Waals surface area contributed by atoms with Crippen LogP contribution in [0.4, 0.5) is 11.4 Å². The highest BCUT2D eigenvalue weighted by atomic mass is 32.2. The first-order valence-electron chi connectivity index (χ1n) is 6.20. The Kier molecular flexibility index (Phi) is 5.20. The molecule has 0 saturated heterocycles. The minimum absolute atomic E-state index is 0.0233. The fraction of sp³-hybridized carbons (Fsp3) is 0.538. The maximum Gasteiger partial charge on any atom is 0.235 e. The van der Waals surface area contributed by atoms with Crippen molar-refractivity contribution < 1.29 is 13.2 Å². The zero-order chi connectivity index (χ0) is 14.6. The molecule has 1 aromatic carbocycles. The summed E-state index contributed by atoms with van der Waals surface area (Å²) < 4.78 is 31.7. The van der Waals surface area contributed by atoms with Crippen LogP contribution >= 0.6 is 0 Å². The summed E-state index contributed by atoms with van der Waals surface area (Å²) in [6.07, 6.45) is 0.0233. The summed E-state index contributed by atoms with van der Waals surface area (Å²) in [6, 6.07) is 3.49. The largest absolute Gasteiger partial charge is 0.399 e. The van der Waals surface area contributed by atoms with Crippen molar-refractivity contribution >= 4 is 21.4 Å². The fourth-order valence-electron chi connectivity index (χ4n) is 1.76. The molecule has 5 nitrogen and oxygen atoms in total. The molecule has 0 bridgehead atoms. The summed E-state index contributed by atoms with van der Waals surface area (Å²) in [6.45, 7) is 7.57. The molecule has 3 N–H and O–H groups in total. The standard InChI is InChI=1S/C13H22N2O3S/c1-9(2)18-5-6-19(16,17)15-13-10(3)7-12(14)8-11(13)4/h7-9,15H,5-6,14H2,1-4H3. The van der Waals surface area contributed by atoms with Crippen LogP contribution in [0, 0.1) is 13.8 Å². The van der Waals surface area contributed by atoms with Crippen molar-refractivity contribution in [3.05, 3.63) is 23.3 Å². The van der Waals surface area contributed by atoms with E-state index >= 15 is 0 Å². The molecule has 0 aromatic heterocycles. The molecule has 0 unspecified atom stereocenters. The van der Waals surface area contributed by atoms with E-state index < -0.39 is 10.0 Å². The van der Waals surface area contributed by atoms with E-state index in [1.165, 1.54) is 0 Å². The lowest BCUT2D eigenvalue weighted by Gasteiger charge is -2.14. The van der Waals surface area contributed by atoms with Crippen LogP contribution in [-0.4, -0.2) is 26.9 Å². The highest BCUT2D eigenvalue weighted by Crippen LogP contribution is 2.24. The number of rotatable bonds is 6.